The number of rotatable bonds is 8. The predicted molar refractivity (Wildman–Crippen MR) is 101 cm³/mol. The van der Waals surface area contributed by atoms with Gasteiger partial charge in [-0.2, -0.15) is 0 Å². The van der Waals surface area contributed by atoms with Crippen molar-refractivity contribution in [2.45, 2.75) is 57.4 Å². The van der Waals surface area contributed by atoms with Crippen molar-refractivity contribution < 1.29 is 19.1 Å². The molecule has 2 N–H and O–H groups in total. The number of hydrogen-bond acceptors (Lipinski definition) is 4. The molecule has 0 aromatic rings. The molecule has 4 bridgehead atoms. The summed E-state index contributed by atoms with van der Waals surface area (Å²) >= 11 is 0. The van der Waals surface area contributed by atoms with Crippen LogP contribution in [0.25, 0.3) is 0 Å². The largest absolute Gasteiger partial charge is 0.385 e. The fourth-order valence-corrected chi connectivity index (χ4v) is 6.22. The lowest BCUT2D eigenvalue weighted by Crippen LogP contribution is -2.66. The quantitative estimate of drug-likeness (QED) is 0.618. The first-order valence-corrected chi connectivity index (χ1v) is 10.1. The summed E-state index contributed by atoms with van der Waals surface area (Å²) in [6, 6.07) is 0. The minimum atomic E-state index is -0.419. The number of methoxy groups -OCH3 is 1. The maximum Gasteiger partial charge on any atom is 0.239 e. The van der Waals surface area contributed by atoms with E-state index in [2.05, 4.69) is 10.6 Å². The van der Waals surface area contributed by atoms with Crippen molar-refractivity contribution in [3.63, 3.8) is 0 Å². The third kappa shape index (κ3) is 4.28. The van der Waals surface area contributed by atoms with Crippen molar-refractivity contribution in [1.82, 2.24) is 15.5 Å². The van der Waals surface area contributed by atoms with Crippen LogP contribution < -0.4 is 10.6 Å². The van der Waals surface area contributed by atoms with E-state index in [0.29, 0.717) is 31.4 Å². The van der Waals surface area contributed by atoms with Gasteiger partial charge in [0.25, 0.3) is 0 Å². The normalized spacial score (nSPS) is 33.6. The summed E-state index contributed by atoms with van der Waals surface area (Å²) in [4.78, 5) is 38.8. The third-order valence-corrected chi connectivity index (χ3v) is 6.53. The van der Waals surface area contributed by atoms with Crippen molar-refractivity contribution in [3.8, 4) is 0 Å². The minimum absolute atomic E-state index is 0.0108. The van der Waals surface area contributed by atoms with Crippen LogP contribution in [-0.4, -0.2) is 62.0 Å². The number of likely N-dealkylation sites (N-methyl/N-ethyl adjacent to an activating group) is 1. The van der Waals surface area contributed by atoms with Crippen molar-refractivity contribution in [1.29, 1.82) is 0 Å². The Morgan fingerprint density at radius 3 is 2.41 bits per heavy atom. The zero-order valence-electron chi connectivity index (χ0n) is 16.8. The maximum absolute atomic E-state index is 13.3. The van der Waals surface area contributed by atoms with Crippen LogP contribution >= 0.6 is 0 Å². The van der Waals surface area contributed by atoms with Gasteiger partial charge >= 0.3 is 0 Å². The van der Waals surface area contributed by atoms with Crippen LogP contribution in [0.2, 0.25) is 0 Å². The van der Waals surface area contributed by atoms with E-state index in [0.717, 1.165) is 32.1 Å². The molecule has 2 atom stereocenters. The van der Waals surface area contributed by atoms with E-state index in [9.17, 15) is 14.4 Å². The van der Waals surface area contributed by atoms with Gasteiger partial charge in [-0.15, -0.1) is 0 Å². The Labute approximate surface area is 161 Å². The average molecular weight is 380 g/mol. The lowest BCUT2D eigenvalue weighted by Gasteiger charge is -2.61. The molecule has 0 aliphatic heterocycles. The van der Waals surface area contributed by atoms with E-state index in [-0.39, 0.29) is 29.8 Å². The van der Waals surface area contributed by atoms with Crippen molar-refractivity contribution >= 4 is 17.7 Å². The van der Waals surface area contributed by atoms with E-state index in [1.54, 1.807) is 26.0 Å². The molecule has 0 aromatic heterocycles. The molecule has 152 valence electrons. The Hall–Kier alpha value is -1.63. The zero-order valence-corrected chi connectivity index (χ0v) is 16.8. The molecule has 4 aliphatic rings. The van der Waals surface area contributed by atoms with Crippen LogP contribution in [0, 0.1) is 17.3 Å². The minimum Gasteiger partial charge on any atom is -0.385 e. The second-order valence-electron chi connectivity index (χ2n) is 9.06. The summed E-state index contributed by atoms with van der Waals surface area (Å²) in [6.45, 7) is 2.80. The van der Waals surface area contributed by atoms with Gasteiger partial charge in [0.2, 0.25) is 17.7 Å². The molecule has 2 unspecified atom stereocenters. The van der Waals surface area contributed by atoms with Gasteiger partial charge in [-0.1, -0.05) is 0 Å². The Morgan fingerprint density at radius 1 is 1.15 bits per heavy atom. The number of carbonyl (C=O) groups excluding carboxylic acids is 3. The van der Waals surface area contributed by atoms with Crippen molar-refractivity contribution in [3.05, 3.63) is 0 Å². The highest BCUT2D eigenvalue weighted by Gasteiger charge is 2.61. The summed E-state index contributed by atoms with van der Waals surface area (Å²) in [6.07, 6.45) is 6.40. The van der Waals surface area contributed by atoms with Crippen molar-refractivity contribution in [2.75, 3.05) is 33.9 Å². The average Bonchev–Trinajstić information content (AvgIpc) is 2.55. The summed E-state index contributed by atoms with van der Waals surface area (Å²) in [5.74, 6) is 0.918. The standard InChI is InChI=1S/C20H33N3O4/c1-14(24)22-20-10-15-7-16(11-20)9-19(8-15,13-20)18(26)23(2)12-17(25)21-5-4-6-27-3/h15-16H,4-13H2,1-3H3,(H,21,25)(H,22,24). The topological polar surface area (TPSA) is 87.7 Å². The number of nitrogens with zero attached hydrogens (tertiary/aromatic N) is 1. The van der Waals surface area contributed by atoms with E-state index in [4.69, 9.17) is 4.74 Å². The van der Waals surface area contributed by atoms with Crippen LogP contribution in [0.4, 0.5) is 0 Å². The molecule has 0 aromatic carbocycles. The number of ether oxygens (including phenoxy) is 1. The van der Waals surface area contributed by atoms with Crippen LogP contribution in [0.15, 0.2) is 0 Å². The number of nitrogens with one attached hydrogen (secondary N) is 2. The van der Waals surface area contributed by atoms with Gasteiger partial charge in [0, 0.05) is 39.8 Å². The summed E-state index contributed by atoms with van der Waals surface area (Å²) < 4.78 is 4.97. The highest BCUT2D eigenvalue weighted by atomic mass is 16.5. The molecule has 7 heteroatoms. The molecular weight excluding hydrogens is 346 g/mol. The predicted octanol–water partition coefficient (Wildman–Crippen LogP) is 1.07. The van der Waals surface area contributed by atoms with E-state index >= 15 is 0 Å². The molecule has 4 saturated carbocycles. The fourth-order valence-electron chi connectivity index (χ4n) is 6.22. The molecule has 4 rings (SSSR count). The van der Waals surface area contributed by atoms with Gasteiger partial charge in [-0.05, 0) is 56.8 Å². The molecule has 27 heavy (non-hydrogen) atoms. The first-order valence-electron chi connectivity index (χ1n) is 10.1. The lowest BCUT2D eigenvalue weighted by molar-refractivity contribution is -0.162. The van der Waals surface area contributed by atoms with Gasteiger partial charge in [0.05, 0.1) is 12.0 Å². The molecule has 0 radical (unpaired) electrons. The number of hydrogen-bond donors (Lipinski definition) is 2. The van der Waals surface area contributed by atoms with Gasteiger partial charge in [0.1, 0.15) is 0 Å². The second-order valence-corrected chi connectivity index (χ2v) is 9.06. The first-order chi connectivity index (χ1) is 12.8. The Bertz CT molecular complexity index is 592. The molecule has 4 aliphatic carbocycles. The van der Waals surface area contributed by atoms with Gasteiger partial charge < -0.3 is 20.3 Å². The van der Waals surface area contributed by atoms with Gasteiger partial charge in [0.15, 0.2) is 0 Å². The number of amides is 3. The Balaban J connectivity index is 1.63. The molecular formula is C20H33N3O4. The zero-order chi connectivity index (χ0) is 19.7. The van der Waals surface area contributed by atoms with Crippen LogP contribution in [-0.2, 0) is 19.1 Å². The smallest absolute Gasteiger partial charge is 0.239 e. The summed E-state index contributed by atoms with van der Waals surface area (Å²) in [7, 11) is 3.36. The Morgan fingerprint density at radius 2 is 1.81 bits per heavy atom. The molecule has 0 saturated heterocycles. The molecule has 3 amide bonds. The lowest BCUT2D eigenvalue weighted by atomic mass is 9.46. The molecule has 0 heterocycles. The van der Waals surface area contributed by atoms with Crippen LogP contribution in [0.1, 0.15) is 51.9 Å². The fraction of sp³-hybridized carbons (Fsp3) is 0.850. The third-order valence-electron chi connectivity index (χ3n) is 6.53. The summed E-state index contributed by atoms with van der Waals surface area (Å²) in [5, 5.41) is 6.03. The van der Waals surface area contributed by atoms with Crippen LogP contribution in [0.5, 0.6) is 0 Å². The SMILES string of the molecule is COCCCNC(=O)CN(C)C(=O)C12CC3CC(CC(NC(C)=O)(C3)C1)C2. The van der Waals surface area contributed by atoms with Gasteiger partial charge in [-0.25, -0.2) is 0 Å². The molecule has 7 nitrogen and oxygen atoms in total. The van der Waals surface area contributed by atoms with Crippen molar-refractivity contribution in [2.24, 2.45) is 17.3 Å². The van der Waals surface area contributed by atoms with E-state index in [1.165, 1.54) is 6.42 Å². The molecule has 0 spiro atoms. The highest BCUT2D eigenvalue weighted by molar-refractivity contribution is 5.88. The van der Waals surface area contributed by atoms with E-state index in [1.807, 2.05) is 0 Å². The first kappa shape index (κ1) is 20.1. The maximum atomic E-state index is 13.3. The summed E-state index contributed by atoms with van der Waals surface area (Å²) in [5.41, 5.74) is -0.646. The highest BCUT2D eigenvalue weighted by Crippen LogP contribution is 2.62. The van der Waals surface area contributed by atoms with E-state index < -0.39 is 5.41 Å². The Kier molecular flexibility index (Phi) is 5.79. The van der Waals surface area contributed by atoms with Gasteiger partial charge in [-0.3, -0.25) is 14.4 Å². The molecule has 4 fully saturated rings. The monoisotopic (exact) mass is 379 g/mol. The number of carbonyl (C=O) groups is 3. The van der Waals surface area contributed by atoms with Crippen LogP contribution in [0.3, 0.4) is 0 Å². The second kappa shape index (κ2) is 7.78.